The minimum Gasteiger partial charge on any atom is -0.494 e. The lowest BCUT2D eigenvalue weighted by atomic mass is 10.1. The van der Waals surface area contributed by atoms with Crippen LogP contribution in [-0.2, 0) is 9.59 Å². The first-order chi connectivity index (χ1) is 18.6. The maximum absolute atomic E-state index is 13.6. The molecule has 4 amide bonds. The molecule has 2 aromatic carbocycles. The number of carboxylic acids is 1. The highest BCUT2D eigenvalue weighted by molar-refractivity contribution is 6.39. The Bertz CT molecular complexity index is 1530. The van der Waals surface area contributed by atoms with Gasteiger partial charge >= 0.3 is 12.0 Å². The van der Waals surface area contributed by atoms with Gasteiger partial charge in [0, 0.05) is 23.1 Å². The number of hydrogen-bond donors (Lipinski definition) is 2. The van der Waals surface area contributed by atoms with Crippen LogP contribution in [-0.4, -0.2) is 46.7 Å². The Morgan fingerprint density at radius 1 is 0.974 bits per heavy atom. The summed E-state index contributed by atoms with van der Waals surface area (Å²) in [5, 5.41) is 11.8. The summed E-state index contributed by atoms with van der Waals surface area (Å²) in [7, 11) is 0. The predicted octanol–water partition coefficient (Wildman–Crippen LogP) is 4.56. The highest BCUT2D eigenvalue weighted by atomic mass is 16.5. The minimum absolute atomic E-state index is 0.148. The molecule has 0 radical (unpaired) electrons. The fraction of sp³-hybridized carbons (Fsp3) is 0.241. The van der Waals surface area contributed by atoms with Gasteiger partial charge in [0.05, 0.1) is 24.5 Å². The lowest BCUT2D eigenvalue weighted by molar-refractivity contribution is -0.122. The smallest absolute Gasteiger partial charge is 0.336 e. The normalized spacial score (nSPS) is 14.5. The standard InChI is InChI=1S/C29H29N3O7/c1-6-38-20-11-12-25(39-7-2)24(15-20)32-27(34)22(26(33)30-29(32)37)14-19-13-16(3)31(18(19)5)23-10-8-9-21(17(23)4)28(35)36/h8-15H,6-7H2,1-5H3,(H,35,36)(H,30,33,37). The quantitative estimate of drug-likeness (QED) is 0.322. The van der Waals surface area contributed by atoms with E-state index >= 15 is 0 Å². The summed E-state index contributed by atoms with van der Waals surface area (Å²) in [5.74, 6) is -1.96. The van der Waals surface area contributed by atoms with E-state index < -0.39 is 23.8 Å². The van der Waals surface area contributed by atoms with Gasteiger partial charge in [-0.2, -0.15) is 0 Å². The fourth-order valence-corrected chi connectivity index (χ4v) is 4.64. The van der Waals surface area contributed by atoms with E-state index in [1.165, 1.54) is 18.2 Å². The Morgan fingerprint density at radius 3 is 2.36 bits per heavy atom. The molecule has 1 aromatic heterocycles. The Hall–Kier alpha value is -4.86. The molecule has 2 N–H and O–H groups in total. The van der Waals surface area contributed by atoms with Crippen molar-refractivity contribution in [3.63, 3.8) is 0 Å². The first kappa shape index (κ1) is 27.2. The van der Waals surface area contributed by atoms with Crippen molar-refractivity contribution in [1.29, 1.82) is 0 Å². The van der Waals surface area contributed by atoms with Gasteiger partial charge in [-0.15, -0.1) is 0 Å². The van der Waals surface area contributed by atoms with E-state index in [1.54, 1.807) is 51.1 Å². The Kier molecular flexibility index (Phi) is 7.57. The molecule has 0 atom stereocenters. The average molecular weight is 532 g/mol. The largest absolute Gasteiger partial charge is 0.494 e. The van der Waals surface area contributed by atoms with Gasteiger partial charge in [-0.3, -0.25) is 14.9 Å². The number of carboxylic acid groups (broad SMARTS) is 1. The monoisotopic (exact) mass is 531 g/mol. The third-order valence-electron chi connectivity index (χ3n) is 6.43. The number of anilines is 1. The van der Waals surface area contributed by atoms with Gasteiger partial charge in [-0.25, -0.2) is 14.5 Å². The number of amides is 4. The molecule has 10 nitrogen and oxygen atoms in total. The van der Waals surface area contributed by atoms with Crippen molar-refractivity contribution in [2.24, 2.45) is 0 Å². The second-order valence-electron chi connectivity index (χ2n) is 8.87. The molecular formula is C29H29N3O7. The van der Waals surface area contributed by atoms with Crippen molar-refractivity contribution < 1.29 is 33.8 Å². The molecule has 3 aromatic rings. The van der Waals surface area contributed by atoms with E-state index in [1.807, 2.05) is 18.4 Å². The van der Waals surface area contributed by atoms with Crippen LogP contribution in [0.4, 0.5) is 10.5 Å². The number of urea groups is 1. The summed E-state index contributed by atoms with van der Waals surface area (Å²) < 4.78 is 13.1. The lowest BCUT2D eigenvalue weighted by Gasteiger charge is -2.28. The van der Waals surface area contributed by atoms with Crippen molar-refractivity contribution in [3.05, 3.63) is 76.1 Å². The summed E-state index contributed by atoms with van der Waals surface area (Å²) in [5.41, 5.74) is 3.34. The molecule has 0 unspecified atom stereocenters. The van der Waals surface area contributed by atoms with Gasteiger partial charge in [0.25, 0.3) is 11.8 Å². The Labute approximate surface area is 225 Å². The van der Waals surface area contributed by atoms with Gasteiger partial charge in [-0.05, 0) is 82.2 Å². The molecule has 4 rings (SSSR count). The molecular weight excluding hydrogens is 502 g/mol. The molecule has 0 bridgehead atoms. The minimum atomic E-state index is -1.03. The van der Waals surface area contributed by atoms with E-state index in [0.29, 0.717) is 41.5 Å². The maximum Gasteiger partial charge on any atom is 0.336 e. The molecule has 0 spiro atoms. The average Bonchev–Trinajstić information content (AvgIpc) is 3.15. The zero-order chi connectivity index (χ0) is 28.4. The van der Waals surface area contributed by atoms with Crippen molar-refractivity contribution in [1.82, 2.24) is 9.88 Å². The van der Waals surface area contributed by atoms with Gasteiger partial charge in [0.15, 0.2) is 0 Å². The number of carbonyl (C=O) groups is 4. The number of benzene rings is 2. The molecule has 39 heavy (non-hydrogen) atoms. The second kappa shape index (κ2) is 10.9. The maximum atomic E-state index is 13.6. The number of barbiturate groups is 1. The van der Waals surface area contributed by atoms with Gasteiger partial charge in [0.1, 0.15) is 17.1 Å². The van der Waals surface area contributed by atoms with E-state index in [9.17, 15) is 24.3 Å². The number of nitrogens with one attached hydrogen (secondary N) is 1. The van der Waals surface area contributed by atoms with Crippen molar-refractivity contribution in [2.75, 3.05) is 18.1 Å². The molecule has 2 heterocycles. The number of carbonyl (C=O) groups excluding carboxylic acids is 3. The number of nitrogens with zero attached hydrogens (tertiary/aromatic N) is 2. The number of aryl methyl sites for hydroxylation is 1. The van der Waals surface area contributed by atoms with E-state index in [0.717, 1.165) is 10.6 Å². The molecule has 1 saturated heterocycles. The van der Waals surface area contributed by atoms with Crippen LogP contribution in [0.1, 0.15) is 46.7 Å². The van der Waals surface area contributed by atoms with Crippen LogP contribution in [0.5, 0.6) is 11.5 Å². The number of aromatic nitrogens is 1. The van der Waals surface area contributed by atoms with E-state index in [-0.39, 0.29) is 22.6 Å². The first-order valence-electron chi connectivity index (χ1n) is 12.4. The van der Waals surface area contributed by atoms with Crippen LogP contribution < -0.4 is 19.7 Å². The molecule has 0 saturated carbocycles. The van der Waals surface area contributed by atoms with Crippen LogP contribution in [0.25, 0.3) is 11.8 Å². The topological polar surface area (TPSA) is 127 Å². The SMILES string of the molecule is CCOc1ccc(OCC)c(N2C(=O)NC(=O)C(=Cc3cc(C)n(-c4cccc(C(=O)O)c4C)c3C)C2=O)c1. The van der Waals surface area contributed by atoms with Gasteiger partial charge in [0.2, 0.25) is 0 Å². The van der Waals surface area contributed by atoms with Crippen LogP contribution >= 0.6 is 0 Å². The Morgan fingerprint density at radius 2 is 1.69 bits per heavy atom. The van der Waals surface area contributed by atoms with E-state index in [2.05, 4.69) is 5.32 Å². The molecule has 1 aliphatic heterocycles. The number of imide groups is 2. The van der Waals surface area contributed by atoms with Crippen LogP contribution in [0.2, 0.25) is 0 Å². The highest BCUT2D eigenvalue weighted by Gasteiger charge is 2.38. The number of hydrogen-bond acceptors (Lipinski definition) is 6. The van der Waals surface area contributed by atoms with Gasteiger partial charge < -0.3 is 19.1 Å². The fourth-order valence-electron chi connectivity index (χ4n) is 4.64. The molecule has 10 heteroatoms. The molecule has 1 aliphatic rings. The summed E-state index contributed by atoms with van der Waals surface area (Å²) in [6, 6.07) is 10.7. The zero-order valence-corrected chi connectivity index (χ0v) is 22.3. The second-order valence-corrected chi connectivity index (χ2v) is 8.87. The summed E-state index contributed by atoms with van der Waals surface area (Å²) >= 11 is 0. The van der Waals surface area contributed by atoms with Crippen molar-refractivity contribution >= 4 is 35.6 Å². The summed E-state index contributed by atoms with van der Waals surface area (Å²) in [6.07, 6.45) is 1.43. The number of rotatable bonds is 8. The molecule has 202 valence electrons. The molecule has 0 aliphatic carbocycles. The summed E-state index contributed by atoms with van der Waals surface area (Å²) in [4.78, 5) is 51.9. The zero-order valence-electron chi connectivity index (χ0n) is 22.3. The summed E-state index contributed by atoms with van der Waals surface area (Å²) in [6.45, 7) is 9.63. The van der Waals surface area contributed by atoms with Crippen LogP contribution in [0.3, 0.4) is 0 Å². The predicted molar refractivity (Wildman–Crippen MR) is 145 cm³/mol. The highest BCUT2D eigenvalue weighted by Crippen LogP contribution is 2.35. The third kappa shape index (κ3) is 5.00. The number of aromatic carboxylic acids is 1. The van der Waals surface area contributed by atoms with Crippen molar-refractivity contribution in [3.8, 4) is 17.2 Å². The van der Waals surface area contributed by atoms with E-state index in [4.69, 9.17) is 9.47 Å². The molecule has 1 fully saturated rings. The van der Waals surface area contributed by atoms with Crippen LogP contribution in [0.15, 0.2) is 48.0 Å². The van der Waals surface area contributed by atoms with Crippen molar-refractivity contribution in [2.45, 2.75) is 34.6 Å². The van der Waals surface area contributed by atoms with Gasteiger partial charge in [-0.1, -0.05) is 6.07 Å². The third-order valence-corrected chi connectivity index (χ3v) is 6.43. The first-order valence-corrected chi connectivity index (χ1v) is 12.4. The Balaban J connectivity index is 1.80. The lowest BCUT2D eigenvalue weighted by Crippen LogP contribution is -2.54. The number of ether oxygens (including phenoxy) is 2. The van der Waals surface area contributed by atoms with Crippen LogP contribution in [0, 0.1) is 20.8 Å².